The van der Waals surface area contributed by atoms with Gasteiger partial charge < -0.3 is 15.0 Å². The lowest BCUT2D eigenvalue weighted by molar-refractivity contribution is 0.0871. The molecule has 5 heteroatoms. The van der Waals surface area contributed by atoms with Gasteiger partial charge in [-0.25, -0.2) is 4.98 Å². The van der Waals surface area contributed by atoms with E-state index >= 15 is 0 Å². The van der Waals surface area contributed by atoms with E-state index in [1.807, 2.05) is 0 Å². The van der Waals surface area contributed by atoms with Gasteiger partial charge in [-0.05, 0) is 18.9 Å². The lowest BCUT2D eigenvalue weighted by atomic mass is 10.2. The maximum Gasteiger partial charge on any atom is 0.251 e. The highest BCUT2D eigenvalue weighted by atomic mass is 16.5. The number of aromatic amines is 1. The summed E-state index contributed by atoms with van der Waals surface area (Å²) in [6.45, 7) is 7.89. The number of aromatic nitrogens is 2. The molecule has 0 spiro atoms. The highest BCUT2D eigenvalue weighted by molar-refractivity contribution is 5.04. The second-order valence-electron chi connectivity index (χ2n) is 5.16. The average Bonchev–Trinajstić information content (AvgIpc) is 2.34. The third kappa shape index (κ3) is 5.53. The fourth-order valence-corrected chi connectivity index (χ4v) is 1.89. The van der Waals surface area contributed by atoms with Crippen molar-refractivity contribution in [2.75, 3.05) is 13.7 Å². The summed E-state index contributed by atoms with van der Waals surface area (Å²) in [5, 5.41) is 3.29. The second kappa shape index (κ2) is 8.07. The number of nitrogens with zero attached hydrogens (tertiary/aromatic N) is 1. The van der Waals surface area contributed by atoms with Gasteiger partial charge in [-0.3, -0.25) is 4.79 Å². The van der Waals surface area contributed by atoms with Gasteiger partial charge in [0.1, 0.15) is 11.9 Å². The minimum absolute atomic E-state index is 0.121. The molecule has 1 unspecified atom stereocenters. The highest BCUT2D eigenvalue weighted by Crippen LogP contribution is 2.17. The largest absolute Gasteiger partial charge is 0.374 e. The van der Waals surface area contributed by atoms with Gasteiger partial charge in [-0.15, -0.1) is 0 Å². The monoisotopic (exact) mass is 267 g/mol. The van der Waals surface area contributed by atoms with Crippen LogP contribution in [0.1, 0.15) is 51.2 Å². The molecule has 0 radical (unpaired) electrons. The fourth-order valence-electron chi connectivity index (χ4n) is 1.89. The van der Waals surface area contributed by atoms with Gasteiger partial charge in [0.05, 0.1) is 5.69 Å². The Kier molecular flexibility index (Phi) is 6.73. The molecule has 2 N–H and O–H groups in total. The highest BCUT2D eigenvalue weighted by Gasteiger charge is 2.13. The Hall–Kier alpha value is -1.20. The molecule has 0 fully saturated rings. The summed E-state index contributed by atoms with van der Waals surface area (Å²) in [4.78, 5) is 18.9. The zero-order valence-electron chi connectivity index (χ0n) is 12.3. The number of rotatable bonds is 8. The van der Waals surface area contributed by atoms with Crippen molar-refractivity contribution in [2.45, 2.75) is 46.3 Å². The van der Waals surface area contributed by atoms with Crippen molar-refractivity contribution >= 4 is 0 Å². The van der Waals surface area contributed by atoms with Crippen LogP contribution in [0.3, 0.4) is 0 Å². The SMILES string of the molecule is CCCC(OC)c1nc(CNCC(C)C)cc(=O)[nH]1. The van der Waals surface area contributed by atoms with Crippen molar-refractivity contribution in [1.29, 1.82) is 0 Å². The quantitative estimate of drug-likeness (QED) is 0.756. The van der Waals surface area contributed by atoms with Crippen molar-refractivity contribution in [3.8, 4) is 0 Å². The number of nitrogens with one attached hydrogen (secondary N) is 2. The van der Waals surface area contributed by atoms with E-state index in [0.717, 1.165) is 25.1 Å². The number of hydrogen-bond donors (Lipinski definition) is 2. The Morgan fingerprint density at radius 2 is 2.21 bits per heavy atom. The van der Waals surface area contributed by atoms with E-state index in [9.17, 15) is 4.79 Å². The van der Waals surface area contributed by atoms with E-state index in [-0.39, 0.29) is 11.7 Å². The van der Waals surface area contributed by atoms with Gasteiger partial charge >= 0.3 is 0 Å². The van der Waals surface area contributed by atoms with Crippen LogP contribution in [0.15, 0.2) is 10.9 Å². The summed E-state index contributed by atoms with van der Waals surface area (Å²) in [5.41, 5.74) is 0.641. The van der Waals surface area contributed by atoms with Crippen LogP contribution in [-0.2, 0) is 11.3 Å². The molecule has 0 aromatic carbocycles. The number of H-pyrrole nitrogens is 1. The van der Waals surface area contributed by atoms with E-state index < -0.39 is 0 Å². The Labute approximate surface area is 114 Å². The summed E-state index contributed by atoms with van der Waals surface area (Å²) < 4.78 is 5.38. The van der Waals surface area contributed by atoms with E-state index in [4.69, 9.17) is 4.74 Å². The normalized spacial score (nSPS) is 12.9. The van der Waals surface area contributed by atoms with E-state index in [1.165, 1.54) is 6.07 Å². The molecule has 1 rings (SSSR count). The predicted molar refractivity (Wildman–Crippen MR) is 76.1 cm³/mol. The first kappa shape index (κ1) is 15.9. The smallest absolute Gasteiger partial charge is 0.251 e. The summed E-state index contributed by atoms with van der Waals surface area (Å²) in [6.07, 6.45) is 1.70. The topological polar surface area (TPSA) is 67.0 Å². The molecule has 0 aliphatic carbocycles. The minimum atomic E-state index is -0.136. The third-order valence-corrected chi connectivity index (χ3v) is 2.81. The number of ether oxygens (including phenoxy) is 1. The zero-order chi connectivity index (χ0) is 14.3. The molecule has 5 nitrogen and oxygen atoms in total. The summed E-state index contributed by atoms with van der Waals surface area (Å²) >= 11 is 0. The van der Waals surface area contributed by atoms with Crippen LogP contribution in [0.2, 0.25) is 0 Å². The van der Waals surface area contributed by atoms with Crippen LogP contribution in [0.5, 0.6) is 0 Å². The Morgan fingerprint density at radius 1 is 1.47 bits per heavy atom. The first-order valence-corrected chi connectivity index (χ1v) is 6.90. The van der Waals surface area contributed by atoms with Gasteiger partial charge in [-0.2, -0.15) is 0 Å². The fraction of sp³-hybridized carbons (Fsp3) is 0.714. The molecule has 0 aliphatic rings. The van der Waals surface area contributed by atoms with Crippen molar-refractivity contribution in [3.63, 3.8) is 0 Å². The summed E-state index contributed by atoms with van der Waals surface area (Å²) in [6, 6.07) is 1.54. The van der Waals surface area contributed by atoms with Crippen LogP contribution in [0, 0.1) is 5.92 Å². The van der Waals surface area contributed by atoms with Crippen molar-refractivity contribution in [1.82, 2.24) is 15.3 Å². The Balaban J connectivity index is 2.78. The van der Waals surface area contributed by atoms with Gasteiger partial charge in [0.15, 0.2) is 0 Å². The molecule has 1 heterocycles. The number of hydrogen-bond acceptors (Lipinski definition) is 4. The first-order valence-electron chi connectivity index (χ1n) is 6.90. The maximum absolute atomic E-state index is 11.7. The van der Waals surface area contributed by atoms with Gasteiger partial charge in [0, 0.05) is 19.7 Å². The molecule has 0 saturated heterocycles. The van der Waals surface area contributed by atoms with Crippen LogP contribution in [0.4, 0.5) is 0 Å². The lowest BCUT2D eigenvalue weighted by Gasteiger charge is -2.14. The van der Waals surface area contributed by atoms with Gasteiger partial charge in [-0.1, -0.05) is 27.2 Å². The molecule has 1 aromatic heterocycles. The van der Waals surface area contributed by atoms with Gasteiger partial charge in [0.2, 0.25) is 0 Å². The van der Waals surface area contributed by atoms with Crippen LogP contribution < -0.4 is 10.9 Å². The summed E-state index contributed by atoms with van der Waals surface area (Å²) in [5.74, 6) is 1.20. The second-order valence-corrected chi connectivity index (χ2v) is 5.16. The molecule has 0 saturated carbocycles. The van der Waals surface area contributed by atoms with Crippen LogP contribution >= 0.6 is 0 Å². The van der Waals surface area contributed by atoms with Crippen molar-refractivity contribution < 1.29 is 4.74 Å². The number of methoxy groups -OCH3 is 1. The average molecular weight is 267 g/mol. The lowest BCUT2D eigenvalue weighted by Crippen LogP contribution is -2.23. The van der Waals surface area contributed by atoms with Crippen LogP contribution in [0.25, 0.3) is 0 Å². The van der Waals surface area contributed by atoms with Gasteiger partial charge in [0.25, 0.3) is 5.56 Å². The Bertz CT molecular complexity index is 429. The molecule has 1 atom stereocenters. The molecular weight excluding hydrogens is 242 g/mol. The molecule has 0 amide bonds. The van der Waals surface area contributed by atoms with E-state index in [0.29, 0.717) is 18.3 Å². The zero-order valence-corrected chi connectivity index (χ0v) is 12.3. The molecule has 19 heavy (non-hydrogen) atoms. The molecule has 108 valence electrons. The molecule has 1 aromatic rings. The summed E-state index contributed by atoms with van der Waals surface area (Å²) in [7, 11) is 1.64. The van der Waals surface area contributed by atoms with Crippen molar-refractivity contribution in [3.05, 3.63) is 27.9 Å². The van der Waals surface area contributed by atoms with E-state index in [1.54, 1.807) is 7.11 Å². The van der Waals surface area contributed by atoms with E-state index in [2.05, 4.69) is 36.1 Å². The van der Waals surface area contributed by atoms with Crippen molar-refractivity contribution in [2.24, 2.45) is 5.92 Å². The molecule has 0 aliphatic heterocycles. The standard InChI is InChI=1S/C14H25N3O2/c1-5-6-12(19-4)14-16-11(7-13(18)17-14)9-15-8-10(2)3/h7,10,12,15H,5-6,8-9H2,1-4H3,(H,16,17,18). The molecular formula is C14H25N3O2. The maximum atomic E-state index is 11.7. The minimum Gasteiger partial charge on any atom is -0.374 e. The predicted octanol–water partition coefficient (Wildman–Crippen LogP) is 2.00. The molecule has 0 bridgehead atoms. The Morgan fingerprint density at radius 3 is 2.79 bits per heavy atom. The van der Waals surface area contributed by atoms with Crippen LogP contribution in [-0.4, -0.2) is 23.6 Å². The first-order chi connectivity index (χ1) is 9.06. The third-order valence-electron chi connectivity index (χ3n) is 2.81.